The Kier molecular flexibility index (Phi) is 6.15. The van der Waals surface area contributed by atoms with Crippen LogP contribution >= 0.6 is 24.0 Å². The van der Waals surface area contributed by atoms with E-state index in [4.69, 9.17) is 4.42 Å². The molecule has 0 radical (unpaired) electrons. The van der Waals surface area contributed by atoms with Crippen LogP contribution in [0, 0.1) is 6.92 Å². The third-order valence-electron chi connectivity index (χ3n) is 4.63. The molecule has 0 bridgehead atoms. The lowest BCUT2D eigenvalue weighted by Crippen LogP contribution is -2.40. The summed E-state index contributed by atoms with van der Waals surface area (Å²) in [5.41, 5.74) is 5.64. The van der Waals surface area contributed by atoms with Gasteiger partial charge in [-0.2, -0.15) is 0 Å². The van der Waals surface area contributed by atoms with Gasteiger partial charge in [-0.25, -0.2) is 4.98 Å². The molecule has 1 aromatic heterocycles. The van der Waals surface area contributed by atoms with Crippen molar-refractivity contribution in [2.45, 2.75) is 19.9 Å². The molecule has 0 atom stereocenters. The smallest absolute Gasteiger partial charge is 0.226 e. The van der Waals surface area contributed by atoms with Gasteiger partial charge in [0.25, 0.3) is 0 Å². The minimum Gasteiger partial charge on any atom is -0.444 e. The topological polar surface area (TPSA) is 53.7 Å². The molecule has 0 amide bonds. The molecule has 0 saturated heterocycles. The van der Waals surface area contributed by atoms with Crippen LogP contribution in [0.15, 0.2) is 64.2 Å². The molecule has 2 heterocycles. The average Bonchev–Trinajstić information content (AvgIpc) is 3.31. The van der Waals surface area contributed by atoms with Crippen LogP contribution in [0.2, 0.25) is 0 Å². The molecule has 140 valence electrons. The number of nitrogens with one attached hydrogen (secondary N) is 1. The Morgan fingerprint density at radius 2 is 1.96 bits per heavy atom. The van der Waals surface area contributed by atoms with Crippen LogP contribution in [0.25, 0.3) is 11.5 Å². The molecule has 0 unspecified atom stereocenters. The van der Waals surface area contributed by atoms with Gasteiger partial charge in [-0.3, -0.25) is 4.99 Å². The summed E-state index contributed by atoms with van der Waals surface area (Å²) in [4.78, 5) is 11.2. The fourth-order valence-corrected chi connectivity index (χ4v) is 3.24. The Bertz CT molecular complexity index is 933. The minimum atomic E-state index is 0. The summed E-state index contributed by atoms with van der Waals surface area (Å²) >= 11 is 0. The molecule has 1 aliphatic heterocycles. The molecule has 2 aromatic carbocycles. The number of fused-ring (bicyclic) bond motifs is 1. The predicted molar refractivity (Wildman–Crippen MR) is 120 cm³/mol. The van der Waals surface area contributed by atoms with Crippen molar-refractivity contribution in [3.05, 3.63) is 71.6 Å². The van der Waals surface area contributed by atoms with Gasteiger partial charge in [0.15, 0.2) is 5.96 Å². The standard InChI is InChI=1S/C21H22N4O.HI/c1-15-7-9-17(10-8-15)20-24-18(14-26-20)13-23-21(22-2)25-12-11-16-5-3-4-6-19(16)25;/h3-10,14H,11-13H2,1-2H3,(H,22,23);1H. The van der Waals surface area contributed by atoms with Crippen LogP contribution in [0.5, 0.6) is 0 Å². The Morgan fingerprint density at radius 1 is 1.19 bits per heavy atom. The van der Waals surface area contributed by atoms with Gasteiger partial charge < -0.3 is 14.6 Å². The molecule has 0 fully saturated rings. The van der Waals surface area contributed by atoms with E-state index in [2.05, 4.69) is 63.5 Å². The number of nitrogens with zero attached hydrogens (tertiary/aromatic N) is 3. The first kappa shape index (κ1) is 19.4. The van der Waals surface area contributed by atoms with Crippen molar-refractivity contribution in [1.29, 1.82) is 0 Å². The van der Waals surface area contributed by atoms with Gasteiger partial charge in [-0.1, -0.05) is 35.9 Å². The molecule has 6 heteroatoms. The molecule has 0 aliphatic carbocycles. The number of aryl methyl sites for hydroxylation is 1. The van der Waals surface area contributed by atoms with Crippen molar-refractivity contribution in [3.63, 3.8) is 0 Å². The first-order valence-corrected chi connectivity index (χ1v) is 8.82. The van der Waals surface area contributed by atoms with Gasteiger partial charge in [0.2, 0.25) is 5.89 Å². The van der Waals surface area contributed by atoms with E-state index in [1.807, 2.05) is 19.2 Å². The monoisotopic (exact) mass is 474 g/mol. The number of oxazole rings is 1. The molecule has 5 nitrogen and oxygen atoms in total. The van der Waals surface area contributed by atoms with E-state index in [1.54, 1.807) is 6.26 Å². The Hall–Kier alpha value is -2.35. The highest BCUT2D eigenvalue weighted by molar-refractivity contribution is 14.0. The number of hydrogen-bond donors (Lipinski definition) is 1. The van der Waals surface area contributed by atoms with Crippen molar-refractivity contribution in [2.24, 2.45) is 4.99 Å². The highest BCUT2D eigenvalue weighted by Crippen LogP contribution is 2.27. The summed E-state index contributed by atoms with van der Waals surface area (Å²) < 4.78 is 5.63. The first-order valence-electron chi connectivity index (χ1n) is 8.82. The summed E-state index contributed by atoms with van der Waals surface area (Å²) in [6, 6.07) is 16.6. The highest BCUT2D eigenvalue weighted by atomic mass is 127. The van der Waals surface area contributed by atoms with Gasteiger partial charge >= 0.3 is 0 Å². The fourth-order valence-electron chi connectivity index (χ4n) is 3.24. The molecule has 4 rings (SSSR count). The number of halogens is 1. The molecule has 0 saturated carbocycles. The number of hydrogen-bond acceptors (Lipinski definition) is 3. The lowest BCUT2D eigenvalue weighted by Gasteiger charge is -2.21. The summed E-state index contributed by atoms with van der Waals surface area (Å²) in [7, 11) is 1.81. The molecular formula is C21H23IN4O. The average molecular weight is 474 g/mol. The minimum absolute atomic E-state index is 0. The Balaban J connectivity index is 0.00000210. The van der Waals surface area contributed by atoms with E-state index in [-0.39, 0.29) is 24.0 Å². The normalized spacial score (nSPS) is 13.3. The first-order chi connectivity index (χ1) is 12.7. The Morgan fingerprint density at radius 3 is 2.74 bits per heavy atom. The van der Waals surface area contributed by atoms with Crippen LogP contribution in [-0.2, 0) is 13.0 Å². The zero-order chi connectivity index (χ0) is 17.9. The summed E-state index contributed by atoms with van der Waals surface area (Å²) in [6.07, 6.45) is 2.74. The third kappa shape index (κ3) is 4.16. The second-order valence-electron chi connectivity index (χ2n) is 6.44. The number of aliphatic imine (C=N–C) groups is 1. The largest absolute Gasteiger partial charge is 0.444 e. The van der Waals surface area contributed by atoms with Crippen LogP contribution in [0.1, 0.15) is 16.8 Å². The molecule has 3 aromatic rings. The van der Waals surface area contributed by atoms with E-state index in [0.717, 1.165) is 30.2 Å². The number of para-hydroxylation sites is 1. The maximum atomic E-state index is 5.63. The van der Waals surface area contributed by atoms with Crippen molar-refractivity contribution < 1.29 is 4.42 Å². The van der Waals surface area contributed by atoms with Gasteiger partial charge in [0, 0.05) is 24.8 Å². The molecule has 27 heavy (non-hydrogen) atoms. The van der Waals surface area contributed by atoms with Crippen LogP contribution in [0.4, 0.5) is 5.69 Å². The second kappa shape index (κ2) is 8.56. The second-order valence-corrected chi connectivity index (χ2v) is 6.44. The predicted octanol–water partition coefficient (Wildman–Crippen LogP) is 4.41. The number of aromatic nitrogens is 1. The van der Waals surface area contributed by atoms with Gasteiger partial charge in [0.05, 0.1) is 12.2 Å². The molecule has 1 N–H and O–H groups in total. The van der Waals surface area contributed by atoms with E-state index < -0.39 is 0 Å². The summed E-state index contributed by atoms with van der Waals surface area (Å²) in [5.74, 6) is 1.50. The number of benzene rings is 2. The van der Waals surface area contributed by atoms with Crippen molar-refractivity contribution >= 4 is 35.6 Å². The van der Waals surface area contributed by atoms with Gasteiger partial charge in [0.1, 0.15) is 6.26 Å². The SMILES string of the molecule is CN=C(NCc1coc(-c2ccc(C)cc2)n1)N1CCc2ccccc21.I. The number of anilines is 1. The summed E-state index contributed by atoms with van der Waals surface area (Å²) in [5, 5.41) is 3.40. The highest BCUT2D eigenvalue weighted by Gasteiger charge is 2.22. The maximum absolute atomic E-state index is 5.63. The maximum Gasteiger partial charge on any atom is 0.226 e. The van der Waals surface area contributed by atoms with Crippen LogP contribution < -0.4 is 10.2 Å². The quantitative estimate of drug-likeness (QED) is 0.347. The van der Waals surface area contributed by atoms with E-state index >= 15 is 0 Å². The lowest BCUT2D eigenvalue weighted by atomic mass is 10.1. The van der Waals surface area contributed by atoms with Crippen molar-refractivity contribution in [2.75, 3.05) is 18.5 Å². The van der Waals surface area contributed by atoms with Crippen molar-refractivity contribution in [1.82, 2.24) is 10.3 Å². The molecular weight excluding hydrogens is 451 g/mol. The van der Waals surface area contributed by atoms with E-state index in [9.17, 15) is 0 Å². The Labute approximate surface area is 176 Å². The lowest BCUT2D eigenvalue weighted by molar-refractivity contribution is 0.572. The number of guanidine groups is 1. The number of rotatable bonds is 3. The zero-order valence-electron chi connectivity index (χ0n) is 15.5. The molecule has 1 aliphatic rings. The van der Waals surface area contributed by atoms with Crippen molar-refractivity contribution in [3.8, 4) is 11.5 Å². The van der Waals surface area contributed by atoms with Crippen LogP contribution in [0.3, 0.4) is 0 Å². The summed E-state index contributed by atoms with van der Waals surface area (Å²) in [6.45, 7) is 3.57. The molecule has 0 spiro atoms. The van der Waals surface area contributed by atoms with Crippen LogP contribution in [-0.4, -0.2) is 24.5 Å². The van der Waals surface area contributed by atoms with Gasteiger partial charge in [-0.05, 0) is 37.1 Å². The van der Waals surface area contributed by atoms with E-state index in [1.165, 1.54) is 16.8 Å². The third-order valence-corrected chi connectivity index (χ3v) is 4.63. The zero-order valence-corrected chi connectivity index (χ0v) is 17.8. The fraction of sp³-hybridized carbons (Fsp3) is 0.238. The van der Waals surface area contributed by atoms with Gasteiger partial charge in [-0.15, -0.1) is 24.0 Å². The van der Waals surface area contributed by atoms with E-state index in [0.29, 0.717) is 12.4 Å².